The van der Waals surface area contributed by atoms with Crippen molar-refractivity contribution >= 4 is 23.6 Å². The number of primary amides is 1. The Hall–Kier alpha value is -2.75. The van der Waals surface area contributed by atoms with Gasteiger partial charge in [-0.3, -0.25) is 14.4 Å². The largest absolute Gasteiger partial charge is 0.444 e. The highest BCUT2D eigenvalue weighted by Gasteiger charge is 2.62. The van der Waals surface area contributed by atoms with Gasteiger partial charge in [-0.25, -0.2) is 18.0 Å². The van der Waals surface area contributed by atoms with Gasteiger partial charge in [0.1, 0.15) is 17.1 Å². The number of carbonyl (C=O) groups excluding carboxylic acids is 2. The van der Waals surface area contributed by atoms with E-state index in [9.17, 15) is 22.8 Å². The van der Waals surface area contributed by atoms with Crippen molar-refractivity contribution in [1.82, 2.24) is 14.7 Å². The first kappa shape index (κ1) is 22.4. The maximum atomic E-state index is 14.0. The number of ether oxygens (including phenoxy) is 1. The second-order valence-corrected chi connectivity index (χ2v) is 9.75. The molecule has 1 spiro atoms. The van der Waals surface area contributed by atoms with Crippen LogP contribution in [0.1, 0.15) is 49.7 Å². The van der Waals surface area contributed by atoms with Crippen LogP contribution < -0.4 is 5.73 Å². The zero-order valence-corrected chi connectivity index (χ0v) is 18.5. The molecule has 11 heteroatoms. The Morgan fingerprint density at radius 2 is 1.91 bits per heavy atom. The average molecular weight is 471 g/mol. The first-order chi connectivity index (χ1) is 14.7. The molecule has 2 aliphatic rings. The van der Waals surface area contributed by atoms with Gasteiger partial charge in [-0.15, -0.1) is 0 Å². The van der Waals surface area contributed by atoms with Crippen molar-refractivity contribution in [2.24, 2.45) is 5.73 Å². The number of benzene rings is 1. The van der Waals surface area contributed by atoms with Gasteiger partial charge in [-0.1, -0.05) is 11.6 Å². The molecule has 2 amide bonds. The van der Waals surface area contributed by atoms with Crippen LogP contribution in [0.2, 0.25) is 5.02 Å². The third kappa shape index (κ3) is 3.80. The Kier molecular flexibility index (Phi) is 5.00. The van der Waals surface area contributed by atoms with E-state index in [2.05, 4.69) is 5.10 Å². The van der Waals surface area contributed by atoms with E-state index in [0.717, 1.165) is 6.07 Å². The predicted octanol–water partition coefficient (Wildman–Crippen LogP) is 4.32. The van der Waals surface area contributed by atoms with Crippen LogP contribution in [0.3, 0.4) is 0 Å². The molecular weight excluding hydrogens is 449 g/mol. The highest BCUT2D eigenvalue weighted by molar-refractivity contribution is 6.31. The molecular formula is C21H22ClF3N4O3. The number of fused-ring (bicyclic) bond motifs is 2. The number of aromatic nitrogens is 2. The molecule has 32 heavy (non-hydrogen) atoms. The van der Waals surface area contributed by atoms with E-state index in [0.29, 0.717) is 5.56 Å². The molecule has 7 nitrogen and oxygen atoms in total. The van der Waals surface area contributed by atoms with Gasteiger partial charge in [0.05, 0.1) is 34.9 Å². The molecule has 2 aromatic rings. The number of alkyl halides is 2. The second-order valence-electron chi connectivity index (χ2n) is 9.35. The topological polar surface area (TPSA) is 90.4 Å². The number of amides is 2. The highest BCUT2D eigenvalue weighted by Crippen LogP contribution is 2.53. The van der Waals surface area contributed by atoms with Crippen molar-refractivity contribution in [1.29, 1.82) is 0 Å². The minimum Gasteiger partial charge on any atom is -0.444 e. The SMILES string of the molecule is CC(C)(C)OC(=O)N1Cc2c(C(N)=O)c(-c3ccc(F)c(Cl)c3)nn2C2(C1)CC(F)(F)C2. The molecule has 2 N–H and O–H groups in total. The fourth-order valence-electron chi connectivity index (χ4n) is 4.38. The lowest BCUT2D eigenvalue weighted by molar-refractivity contribution is -0.170. The smallest absolute Gasteiger partial charge is 0.410 e. The van der Waals surface area contributed by atoms with Gasteiger partial charge in [-0.2, -0.15) is 5.10 Å². The number of halogens is 4. The Balaban J connectivity index is 1.85. The van der Waals surface area contributed by atoms with Gasteiger partial charge in [-0.05, 0) is 39.0 Å². The maximum absolute atomic E-state index is 14.0. The summed E-state index contributed by atoms with van der Waals surface area (Å²) in [6.45, 7) is 4.91. The van der Waals surface area contributed by atoms with Gasteiger partial charge in [0, 0.05) is 18.4 Å². The molecule has 172 valence electrons. The summed E-state index contributed by atoms with van der Waals surface area (Å²) in [4.78, 5) is 26.5. The summed E-state index contributed by atoms with van der Waals surface area (Å²) in [6, 6.07) is 3.77. The fourth-order valence-corrected chi connectivity index (χ4v) is 4.56. The number of rotatable bonds is 2. The lowest BCUT2D eigenvalue weighted by atomic mass is 9.72. The van der Waals surface area contributed by atoms with E-state index in [4.69, 9.17) is 22.1 Å². The van der Waals surface area contributed by atoms with E-state index >= 15 is 0 Å². The molecule has 4 rings (SSSR count). The van der Waals surface area contributed by atoms with Crippen LogP contribution in [0.15, 0.2) is 18.2 Å². The van der Waals surface area contributed by atoms with E-state index < -0.39 is 47.7 Å². The number of nitrogens with zero attached hydrogens (tertiary/aromatic N) is 3. The monoisotopic (exact) mass is 470 g/mol. The van der Waals surface area contributed by atoms with E-state index in [1.165, 1.54) is 21.7 Å². The maximum Gasteiger partial charge on any atom is 0.410 e. The van der Waals surface area contributed by atoms with Gasteiger partial charge >= 0.3 is 6.09 Å². The van der Waals surface area contributed by atoms with Gasteiger partial charge in [0.25, 0.3) is 11.8 Å². The minimum atomic E-state index is -2.94. The number of nitrogens with two attached hydrogens (primary N) is 1. The summed E-state index contributed by atoms with van der Waals surface area (Å²) >= 11 is 5.89. The summed E-state index contributed by atoms with van der Waals surface area (Å²) in [5.41, 5.74) is 4.20. The van der Waals surface area contributed by atoms with Crippen LogP contribution >= 0.6 is 11.6 Å². The molecule has 2 heterocycles. The summed E-state index contributed by atoms with van der Waals surface area (Å²) in [5, 5.41) is 4.25. The molecule has 0 radical (unpaired) electrons. The van der Waals surface area contributed by atoms with Crippen molar-refractivity contribution in [3.8, 4) is 11.3 Å². The quantitative estimate of drug-likeness (QED) is 0.707. The van der Waals surface area contributed by atoms with Gasteiger partial charge in [0.2, 0.25) is 0 Å². The van der Waals surface area contributed by atoms with Crippen molar-refractivity contribution in [2.45, 2.75) is 57.2 Å². The molecule has 1 aliphatic heterocycles. The number of hydrogen-bond acceptors (Lipinski definition) is 4. The molecule has 1 aliphatic carbocycles. The minimum absolute atomic E-state index is 0.0319. The van der Waals surface area contributed by atoms with Crippen molar-refractivity contribution in [2.75, 3.05) is 6.54 Å². The van der Waals surface area contributed by atoms with Crippen LogP contribution in [0, 0.1) is 5.82 Å². The standard InChI is InChI=1S/C21H22ClF3N4O3/c1-19(2,3)32-18(31)28-7-14-15(17(26)30)16(11-4-5-13(23)12(22)6-11)27-29(14)20(10-28)8-21(24,25)9-20/h4-6H,7-10H2,1-3H3,(H2,26,30). The normalized spacial score (nSPS) is 18.8. The lowest BCUT2D eigenvalue weighted by Gasteiger charge is -2.52. The number of hydrogen-bond donors (Lipinski definition) is 1. The lowest BCUT2D eigenvalue weighted by Crippen LogP contribution is -2.63. The zero-order valence-electron chi connectivity index (χ0n) is 17.7. The predicted molar refractivity (Wildman–Crippen MR) is 110 cm³/mol. The van der Waals surface area contributed by atoms with Gasteiger partial charge < -0.3 is 10.5 Å². The van der Waals surface area contributed by atoms with Crippen LogP contribution in [-0.2, 0) is 16.8 Å². The van der Waals surface area contributed by atoms with Crippen LogP contribution in [-0.4, -0.2) is 44.7 Å². The first-order valence-electron chi connectivity index (χ1n) is 9.95. The first-order valence-corrected chi connectivity index (χ1v) is 10.3. The third-order valence-corrected chi connectivity index (χ3v) is 5.81. The Morgan fingerprint density at radius 3 is 2.44 bits per heavy atom. The Bertz CT molecular complexity index is 1120. The zero-order chi connectivity index (χ0) is 23.6. The molecule has 0 bridgehead atoms. The van der Waals surface area contributed by atoms with Crippen molar-refractivity contribution in [3.63, 3.8) is 0 Å². The molecule has 0 unspecified atom stereocenters. The third-order valence-electron chi connectivity index (χ3n) is 5.52. The van der Waals surface area contributed by atoms with Crippen LogP contribution in [0.4, 0.5) is 18.0 Å². The Labute approximate surface area is 187 Å². The average Bonchev–Trinajstić information content (AvgIpc) is 3.01. The van der Waals surface area contributed by atoms with E-state index in [1.807, 2.05) is 0 Å². The van der Waals surface area contributed by atoms with Crippen LogP contribution in [0.25, 0.3) is 11.3 Å². The van der Waals surface area contributed by atoms with E-state index in [-0.39, 0.29) is 35.1 Å². The number of carbonyl (C=O) groups is 2. The van der Waals surface area contributed by atoms with Gasteiger partial charge in [0.15, 0.2) is 0 Å². The second kappa shape index (κ2) is 7.13. The van der Waals surface area contributed by atoms with Crippen LogP contribution in [0.5, 0.6) is 0 Å². The molecule has 1 fully saturated rings. The summed E-state index contributed by atoms with van der Waals surface area (Å²) < 4.78 is 48.5. The summed E-state index contributed by atoms with van der Waals surface area (Å²) in [5.74, 6) is -4.45. The Morgan fingerprint density at radius 1 is 1.25 bits per heavy atom. The molecule has 1 aromatic heterocycles. The molecule has 1 aromatic carbocycles. The van der Waals surface area contributed by atoms with Crippen molar-refractivity contribution in [3.05, 3.63) is 40.3 Å². The van der Waals surface area contributed by atoms with E-state index in [1.54, 1.807) is 20.8 Å². The summed E-state index contributed by atoms with van der Waals surface area (Å²) in [6.07, 6.45) is -1.81. The highest BCUT2D eigenvalue weighted by atomic mass is 35.5. The summed E-state index contributed by atoms with van der Waals surface area (Å²) in [7, 11) is 0. The molecule has 0 saturated heterocycles. The molecule has 1 saturated carbocycles. The fraction of sp³-hybridized carbons (Fsp3) is 0.476. The van der Waals surface area contributed by atoms with Crippen molar-refractivity contribution < 1.29 is 27.5 Å². The molecule has 0 atom stereocenters.